The minimum absolute atomic E-state index is 0.0106. The van der Waals surface area contributed by atoms with E-state index < -0.39 is 5.97 Å². The summed E-state index contributed by atoms with van der Waals surface area (Å²) >= 11 is 5.86. The summed E-state index contributed by atoms with van der Waals surface area (Å²) in [5.41, 5.74) is 3.87. The molecule has 1 aliphatic heterocycles. The molecule has 8 heteroatoms. The summed E-state index contributed by atoms with van der Waals surface area (Å²) in [5, 5.41) is 0.175. The minimum Gasteiger partial charge on any atom is -0.496 e. The molecule has 3 aromatic rings. The van der Waals surface area contributed by atoms with Gasteiger partial charge in [-0.25, -0.2) is 14.8 Å². The van der Waals surface area contributed by atoms with Crippen LogP contribution in [0.15, 0.2) is 41.6 Å². The maximum atomic E-state index is 12.9. The Bertz CT molecular complexity index is 1280. The maximum Gasteiger partial charge on any atom is 0.343 e. The van der Waals surface area contributed by atoms with Crippen molar-refractivity contribution in [2.24, 2.45) is 5.41 Å². The van der Waals surface area contributed by atoms with Crippen LogP contribution < -0.4 is 10.2 Å². The molecule has 0 saturated carbocycles. The van der Waals surface area contributed by atoms with Crippen LogP contribution in [0.3, 0.4) is 0 Å². The molecule has 2 aromatic heterocycles. The predicted octanol–water partition coefficient (Wildman–Crippen LogP) is 4.95. The number of hydrogen-bond acceptors (Lipinski definition) is 6. The summed E-state index contributed by atoms with van der Waals surface area (Å²) in [5.74, 6) is 0.0225. The smallest absolute Gasteiger partial charge is 0.343 e. The summed E-state index contributed by atoms with van der Waals surface area (Å²) in [6.45, 7) is 8.36. The van der Waals surface area contributed by atoms with E-state index in [4.69, 9.17) is 21.1 Å². The Kier molecular flexibility index (Phi) is 6.01. The molecule has 0 amide bonds. The highest BCUT2D eigenvalue weighted by atomic mass is 35.5. The van der Waals surface area contributed by atoms with Gasteiger partial charge in [0.15, 0.2) is 5.43 Å². The standard InChI is InChI=1S/C25H26ClN3O4/c1-6-33-23(31)18-13-29-19(10-20(18)30)16-9-21(32-5)17(15-11-27-24(26)28-12-15)7-14(16)8-22(29)25(2,3)4/h7,9-13,22H,6,8H2,1-5H3. The molecule has 33 heavy (non-hydrogen) atoms. The zero-order valence-electron chi connectivity index (χ0n) is 19.3. The van der Waals surface area contributed by atoms with Crippen LogP contribution in [-0.2, 0) is 11.2 Å². The second-order valence-corrected chi connectivity index (χ2v) is 9.44. The van der Waals surface area contributed by atoms with Crippen LogP contribution in [0.2, 0.25) is 5.28 Å². The first-order valence-electron chi connectivity index (χ1n) is 10.8. The van der Waals surface area contributed by atoms with Crippen molar-refractivity contribution in [3.8, 4) is 28.1 Å². The first kappa shape index (κ1) is 23.0. The zero-order chi connectivity index (χ0) is 23.9. The summed E-state index contributed by atoms with van der Waals surface area (Å²) in [6, 6.07) is 5.52. The molecular weight excluding hydrogens is 442 g/mol. The topological polar surface area (TPSA) is 83.3 Å². The number of pyridine rings is 1. The molecule has 4 rings (SSSR count). The molecule has 0 saturated heterocycles. The third-order valence-corrected chi connectivity index (χ3v) is 6.15. The van der Waals surface area contributed by atoms with Gasteiger partial charge in [-0.3, -0.25) is 4.79 Å². The molecule has 0 spiro atoms. The summed E-state index contributed by atoms with van der Waals surface area (Å²) in [4.78, 5) is 33.5. The van der Waals surface area contributed by atoms with Crippen LogP contribution >= 0.6 is 11.6 Å². The third kappa shape index (κ3) is 4.25. The average Bonchev–Trinajstić information content (AvgIpc) is 2.77. The second-order valence-electron chi connectivity index (χ2n) is 9.10. The van der Waals surface area contributed by atoms with Crippen molar-refractivity contribution in [2.75, 3.05) is 13.7 Å². The van der Waals surface area contributed by atoms with Gasteiger partial charge in [0.1, 0.15) is 11.3 Å². The number of nitrogens with zero attached hydrogens (tertiary/aromatic N) is 3. The lowest BCUT2D eigenvalue weighted by Crippen LogP contribution is -2.33. The summed E-state index contributed by atoms with van der Waals surface area (Å²) < 4.78 is 12.8. The van der Waals surface area contributed by atoms with E-state index in [0.717, 1.165) is 27.9 Å². The first-order chi connectivity index (χ1) is 15.6. The molecule has 1 aromatic carbocycles. The fraction of sp³-hybridized carbons (Fsp3) is 0.360. The van der Waals surface area contributed by atoms with E-state index in [-0.39, 0.29) is 34.3 Å². The van der Waals surface area contributed by atoms with Crippen LogP contribution in [0.1, 0.15) is 49.7 Å². The van der Waals surface area contributed by atoms with Crippen molar-refractivity contribution in [3.63, 3.8) is 0 Å². The van der Waals surface area contributed by atoms with E-state index in [1.54, 1.807) is 32.6 Å². The lowest BCUT2D eigenvalue weighted by Gasteiger charge is -2.39. The number of rotatable bonds is 4. The Morgan fingerprint density at radius 3 is 2.48 bits per heavy atom. The van der Waals surface area contributed by atoms with Crippen LogP contribution in [0.25, 0.3) is 22.4 Å². The van der Waals surface area contributed by atoms with Gasteiger partial charge in [0.05, 0.1) is 19.4 Å². The Balaban J connectivity index is 1.95. The highest BCUT2D eigenvalue weighted by Gasteiger charge is 2.34. The van der Waals surface area contributed by atoms with Gasteiger partial charge in [-0.2, -0.15) is 0 Å². The molecule has 1 aliphatic rings. The molecule has 0 fully saturated rings. The van der Waals surface area contributed by atoms with E-state index in [1.165, 1.54) is 6.07 Å². The van der Waals surface area contributed by atoms with Gasteiger partial charge in [0, 0.05) is 47.4 Å². The number of aromatic nitrogens is 3. The predicted molar refractivity (Wildman–Crippen MR) is 127 cm³/mol. The lowest BCUT2D eigenvalue weighted by molar-refractivity contribution is 0.0523. The molecule has 0 radical (unpaired) electrons. The zero-order valence-corrected chi connectivity index (χ0v) is 20.1. The molecule has 0 bridgehead atoms. The van der Waals surface area contributed by atoms with Crippen LogP contribution in [0.4, 0.5) is 0 Å². The van der Waals surface area contributed by atoms with Gasteiger partial charge in [0.25, 0.3) is 0 Å². The summed E-state index contributed by atoms with van der Waals surface area (Å²) in [6.07, 6.45) is 5.67. The van der Waals surface area contributed by atoms with E-state index >= 15 is 0 Å². The van der Waals surface area contributed by atoms with Crippen LogP contribution in [0, 0.1) is 5.41 Å². The van der Waals surface area contributed by atoms with Gasteiger partial charge < -0.3 is 14.0 Å². The van der Waals surface area contributed by atoms with Crippen LogP contribution in [-0.4, -0.2) is 34.2 Å². The third-order valence-electron chi connectivity index (χ3n) is 5.96. The van der Waals surface area contributed by atoms with Gasteiger partial charge >= 0.3 is 5.97 Å². The maximum absolute atomic E-state index is 12.9. The van der Waals surface area contributed by atoms with Crippen molar-refractivity contribution < 1.29 is 14.3 Å². The van der Waals surface area contributed by atoms with E-state index in [9.17, 15) is 9.59 Å². The molecule has 1 atom stereocenters. The molecule has 3 heterocycles. The number of benzene rings is 1. The van der Waals surface area contributed by atoms with Crippen molar-refractivity contribution in [1.29, 1.82) is 0 Å². The van der Waals surface area contributed by atoms with Gasteiger partial charge in [-0.1, -0.05) is 20.8 Å². The number of methoxy groups -OCH3 is 1. The van der Waals surface area contributed by atoms with E-state index in [2.05, 4.69) is 36.8 Å². The molecular formula is C25H26ClN3O4. The number of hydrogen-bond donors (Lipinski definition) is 0. The second kappa shape index (κ2) is 8.63. The largest absolute Gasteiger partial charge is 0.496 e. The van der Waals surface area contributed by atoms with Gasteiger partial charge in [-0.05, 0) is 48.1 Å². The SMILES string of the molecule is CCOC(=O)c1cn2c(cc1=O)-c1cc(OC)c(-c3cnc(Cl)nc3)cc1CC2C(C)(C)C. The normalized spacial score (nSPS) is 14.9. The van der Waals surface area contributed by atoms with Crippen LogP contribution in [0.5, 0.6) is 5.75 Å². The number of fused-ring (bicyclic) bond motifs is 3. The first-order valence-corrected chi connectivity index (χ1v) is 11.1. The minimum atomic E-state index is -0.605. The fourth-order valence-corrected chi connectivity index (χ4v) is 4.39. The van der Waals surface area contributed by atoms with E-state index in [1.807, 2.05) is 10.6 Å². The molecule has 0 N–H and O–H groups in total. The van der Waals surface area contributed by atoms with Gasteiger partial charge in [-0.15, -0.1) is 0 Å². The Morgan fingerprint density at radius 1 is 1.18 bits per heavy atom. The van der Waals surface area contributed by atoms with Crippen molar-refractivity contribution in [2.45, 2.75) is 40.2 Å². The number of ether oxygens (including phenoxy) is 2. The average molecular weight is 468 g/mol. The summed E-state index contributed by atoms with van der Waals surface area (Å²) in [7, 11) is 1.60. The Labute approximate surface area is 197 Å². The number of esters is 1. The van der Waals surface area contributed by atoms with E-state index in [0.29, 0.717) is 12.2 Å². The van der Waals surface area contributed by atoms with Crippen molar-refractivity contribution >= 4 is 17.6 Å². The fourth-order valence-electron chi connectivity index (χ4n) is 4.29. The monoisotopic (exact) mass is 467 g/mol. The quantitative estimate of drug-likeness (QED) is 0.398. The molecule has 0 aliphatic carbocycles. The number of halogens is 1. The number of carbonyl (C=O) groups excluding carboxylic acids is 1. The highest BCUT2D eigenvalue weighted by Crippen LogP contribution is 2.45. The van der Waals surface area contributed by atoms with Crippen molar-refractivity contribution in [1.82, 2.24) is 14.5 Å². The molecule has 172 valence electrons. The lowest BCUT2D eigenvalue weighted by atomic mass is 9.78. The highest BCUT2D eigenvalue weighted by molar-refractivity contribution is 6.28. The Morgan fingerprint density at radius 2 is 1.88 bits per heavy atom. The number of carbonyl (C=O) groups is 1. The molecule has 7 nitrogen and oxygen atoms in total. The van der Waals surface area contributed by atoms with Crippen molar-refractivity contribution in [3.05, 3.63) is 63.4 Å². The molecule has 1 unspecified atom stereocenters. The Hall–Kier alpha value is -3.19. The van der Waals surface area contributed by atoms with Gasteiger partial charge in [0.2, 0.25) is 5.28 Å².